The number of rotatable bonds is 4. The number of piperidine rings is 1. The lowest BCUT2D eigenvalue weighted by Crippen LogP contribution is -2.38. The fraction of sp³-hybridized carbons (Fsp3) is 0.565. The Morgan fingerprint density at radius 2 is 1.75 bits per heavy atom. The van der Waals surface area contributed by atoms with Gasteiger partial charge >= 0.3 is 5.69 Å². The minimum Gasteiger partial charge on any atom is -0.481 e. The Hall–Kier alpha value is -3.10. The van der Waals surface area contributed by atoms with Gasteiger partial charge in [-0.05, 0) is 43.9 Å². The third-order valence-corrected chi connectivity index (χ3v) is 7.04. The van der Waals surface area contributed by atoms with E-state index in [0.717, 1.165) is 42.4 Å². The normalized spacial score (nSPS) is 18.0. The van der Waals surface area contributed by atoms with Gasteiger partial charge in [0.05, 0.1) is 18.0 Å². The molecule has 3 aromatic rings. The molecule has 2 fully saturated rings. The third kappa shape index (κ3) is 3.40. The van der Waals surface area contributed by atoms with Crippen LogP contribution in [0.5, 0.6) is 5.88 Å². The summed E-state index contributed by atoms with van der Waals surface area (Å²) >= 11 is 0. The highest BCUT2D eigenvalue weighted by atomic mass is 16.5. The summed E-state index contributed by atoms with van der Waals surface area (Å²) in [6.45, 7) is 1.31. The maximum atomic E-state index is 13.2. The first-order valence-corrected chi connectivity index (χ1v) is 11.4. The molecule has 1 aliphatic heterocycles. The van der Waals surface area contributed by atoms with E-state index in [-0.39, 0.29) is 23.6 Å². The highest BCUT2D eigenvalue weighted by Gasteiger charge is 2.31. The number of aromatic nitrogens is 5. The Balaban J connectivity index is 1.32. The molecule has 1 aromatic carbocycles. The van der Waals surface area contributed by atoms with E-state index in [1.54, 1.807) is 18.8 Å². The topological polar surface area (TPSA) is 87.2 Å². The second kappa shape index (κ2) is 8.11. The lowest BCUT2D eigenvalue weighted by Gasteiger charge is -2.32. The second-order valence-corrected chi connectivity index (χ2v) is 9.00. The molecular formula is C23H30N6O3. The average molecular weight is 439 g/mol. The van der Waals surface area contributed by atoms with Crippen LogP contribution in [0.4, 0.5) is 0 Å². The van der Waals surface area contributed by atoms with Gasteiger partial charge in [0.1, 0.15) is 5.82 Å². The summed E-state index contributed by atoms with van der Waals surface area (Å²) in [5.41, 5.74) is 1.38. The minimum absolute atomic E-state index is 0.00972. The Morgan fingerprint density at radius 1 is 1.03 bits per heavy atom. The molecule has 1 amide bonds. The molecule has 1 saturated heterocycles. The van der Waals surface area contributed by atoms with E-state index in [1.807, 2.05) is 34.7 Å². The van der Waals surface area contributed by atoms with Crippen LogP contribution >= 0.6 is 0 Å². The van der Waals surface area contributed by atoms with E-state index >= 15 is 0 Å². The van der Waals surface area contributed by atoms with Crippen molar-refractivity contribution in [2.75, 3.05) is 20.2 Å². The van der Waals surface area contributed by atoms with Gasteiger partial charge in [-0.2, -0.15) is 10.2 Å². The van der Waals surface area contributed by atoms with Gasteiger partial charge in [0.2, 0.25) is 5.88 Å². The van der Waals surface area contributed by atoms with E-state index in [9.17, 15) is 9.59 Å². The number of carbonyl (C=O) groups excluding carboxylic acids is 1. The Bertz CT molecular complexity index is 1210. The zero-order valence-electron chi connectivity index (χ0n) is 19.0. The van der Waals surface area contributed by atoms with Crippen molar-refractivity contribution in [3.8, 4) is 5.88 Å². The molecule has 170 valence electrons. The summed E-state index contributed by atoms with van der Waals surface area (Å²) in [4.78, 5) is 27.8. The number of likely N-dealkylation sites (tertiary alicyclic amines) is 1. The maximum absolute atomic E-state index is 13.2. The van der Waals surface area contributed by atoms with E-state index in [2.05, 4.69) is 10.2 Å². The molecule has 0 spiro atoms. The molecule has 32 heavy (non-hydrogen) atoms. The zero-order chi connectivity index (χ0) is 22.4. The number of benzene rings is 1. The van der Waals surface area contributed by atoms with Gasteiger partial charge in [-0.3, -0.25) is 9.36 Å². The van der Waals surface area contributed by atoms with Gasteiger partial charge in [-0.15, -0.1) is 0 Å². The van der Waals surface area contributed by atoms with Gasteiger partial charge in [-0.1, -0.05) is 12.8 Å². The van der Waals surface area contributed by atoms with Crippen molar-refractivity contribution < 1.29 is 9.53 Å². The summed E-state index contributed by atoms with van der Waals surface area (Å²) in [6.07, 6.45) is 6.08. The monoisotopic (exact) mass is 438 g/mol. The number of amides is 1. The highest BCUT2D eigenvalue weighted by molar-refractivity contribution is 5.98. The molecule has 2 aromatic heterocycles. The smallest absolute Gasteiger partial charge is 0.345 e. The van der Waals surface area contributed by atoms with Crippen LogP contribution in [0, 0.1) is 0 Å². The van der Waals surface area contributed by atoms with Crippen molar-refractivity contribution in [3.63, 3.8) is 0 Å². The Labute approximate surface area is 186 Å². The van der Waals surface area contributed by atoms with Crippen LogP contribution in [-0.4, -0.2) is 55.1 Å². The van der Waals surface area contributed by atoms with E-state index in [1.165, 1.54) is 17.5 Å². The summed E-state index contributed by atoms with van der Waals surface area (Å²) in [5.74, 6) is 1.81. The van der Waals surface area contributed by atoms with Crippen LogP contribution in [0.25, 0.3) is 10.9 Å². The molecular weight excluding hydrogens is 408 g/mol. The van der Waals surface area contributed by atoms with Gasteiger partial charge in [-0.25, -0.2) is 14.2 Å². The fourth-order valence-corrected chi connectivity index (χ4v) is 5.36. The number of carbonyl (C=O) groups is 1. The van der Waals surface area contributed by atoms with E-state index < -0.39 is 0 Å². The van der Waals surface area contributed by atoms with Crippen LogP contribution < -0.4 is 10.4 Å². The number of nitrogens with zero attached hydrogens (tertiary/aromatic N) is 6. The predicted octanol–water partition coefficient (Wildman–Crippen LogP) is 2.61. The largest absolute Gasteiger partial charge is 0.481 e. The van der Waals surface area contributed by atoms with Crippen molar-refractivity contribution in [2.24, 2.45) is 14.1 Å². The number of fused-ring (bicyclic) bond motifs is 1. The molecule has 0 radical (unpaired) electrons. The molecule has 9 nitrogen and oxygen atoms in total. The molecule has 0 unspecified atom stereocenters. The van der Waals surface area contributed by atoms with Crippen LogP contribution in [0.1, 0.15) is 66.7 Å². The lowest BCUT2D eigenvalue weighted by molar-refractivity contribution is 0.0710. The highest BCUT2D eigenvalue weighted by Crippen LogP contribution is 2.34. The molecule has 0 N–H and O–H groups in total. The van der Waals surface area contributed by atoms with Crippen LogP contribution in [0.15, 0.2) is 23.0 Å². The van der Waals surface area contributed by atoms with Gasteiger partial charge in [0.15, 0.2) is 0 Å². The van der Waals surface area contributed by atoms with Crippen molar-refractivity contribution >= 4 is 16.8 Å². The number of hydrogen-bond donors (Lipinski definition) is 0. The van der Waals surface area contributed by atoms with Crippen LogP contribution in [0.2, 0.25) is 0 Å². The van der Waals surface area contributed by atoms with Crippen LogP contribution in [0.3, 0.4) is 0 Å². The molecule has 1 aliphatic carbocycles. The van der Waals surface area contributed by atoms with Crippen LogP contribution in [-0.2, 0) is 14.1 Å². The molecule has 2 aliphatic rings. The average Bonchev–Trinajstić information content (AvgIpc) is 3.50. The number of aryl methyl sites for hydroxylation is 2. The minimum atomic E-state index is -0.00972. The number of hydrogen-bond acceptors (Lipinski definition) is 5. The van der Waals surface area contributed by atoms with Crippen molar-refractivity contribution in [2.45, 2.75) is 50.5 Å². The lowest BCUT2D eigenvalue weighted by atomic mass is 9.95. The summed E-state index contributed by atoms with van der Waals surface area (Å²) in [5, 5.41) is 9.95. The first-order chi connectivity index (χ1) is 15.5. The summed E-state index contributed by atoms with van der Waals surface area (Å²) < 4.78 is 10.5. The number of ether oxygens (including phenoxy) is 1. The predicted molar refractivity (Wildman–Crippen MR) is 120 cm³/mol. The summed E-state index contributed by atoms with van der Waals surface area (Å²) in [7, 11) is 5.18. The molecule has 0 atom stereocenters. The number of methoxy groups -OCH3 is 1. The molecule has 0 bridgehead atoms. The SMILES string of the molecule is COc1c2ccc(C(=O)N3CCC(c4nn(C)c(=O)n4C4CCCC4)CC3)cc2nn1C. The van der Waals surface area contributed by atoms with E-state index in [4.69, 9.17) is 4.74 Å². The first-order valence-electron chi connectivity index (χ1n) is 11.4. The van der Waals surface area contributed by atoms with Gasteiger partial charge < -0.3 is 9.64 Å². The molecule has 3 heterocycles. The standard InChI is InChI=1S/C23H30N6O3/c1-26-22(32-3)18-9-8-16(14-19(18)24-26)21(30)28-12-10-15(11-13-28)20-25-27(2)23(31)29(20)17-6-4-5-7-17/h8-9,14-15,17H,4-7,10-13H2,1-3H3. The Morgan fingerprint density at radius 3 is 2.44 bits per heavy atom. The summed E-state index contributed by atoms with van der Waals surface area (Å²) in [6, 6.07) is 5.85. The van der Waals surface area contributed by atoms with Crippen molar-refractivity contribution in [1.29, 1.82) is 0 Å². The molecule has 1 saturated carbocycles. The first kappa shape index (κ1) is 20.8. The third-order valence-electron chi connectivity index (χ3n) is 7.04. The maximum Gasteiger partial charge on any atom is 0.345 e. The quantitative estimate of drug-likeness (QED) is 0.625. The van der Waals surface area contributed by atoms with E-state index in [0.29, 0.717) is 24.5 Å². The van der Waals surface area contributed by atoms with Gasteiger partial charge in [0, 0.05) is 44.7 Å². The second-order valence-electron chi connectivity index (χ2n) is 9.00. The van der Waals surface area contributed by atoms with Crippen molar-refractivity contribution in [1.82, 2.24) is 29.0 Å². The van der Waals surface area contributed by atoms with Crippen molar-refractivity contribution in [3.05, 3.63) is 40.1 Å². The Kier molecular flexibility index (Phi) is 5.27. The zero-order valence-corrected chi connectivity index (χ0v) is 19.0. The molecule has 9 heteroatoms. The fourth-order valence-electron chi connectivity index (χ4n) is 5.36. The molecule has 5 rings (SSSR count). The van der Waals surface area contributed by atoms with Gasteiger partial charge in [0.25, 0.3) is 5.91 Å².